The SMILES string of the molecule is C1=CC=C2CC(=C1)C=CC1=CC=CC=C2C1. The molecule has 16 heavy (non-hydrogen) atoms. The van der Waals surface area contributed by atoms with Crippen LogP contribution < -0.4 is 0 Å². The first-order valence-electron chi connectivity index (χ1n) is 5.73. The Morgan fingerprint density at radius 3 is 1.50 bits per heavy atom. The Labute approximate surface area is 96.4 Å². The van der Waals surface area contributed by atoms with Gasteiger partial charge in [0.05, 0.1) is 0 Å². The van der Waals surface area contributed by atoms with Crippen LogP contribution in [0, 0.1) is 0 Å². The minimum Gasteiger partial charge on any atom is -0.0620 e. The summed E-state index contributed by atoms with van der Waals surface area (Å²) >= 11 is 0. The van der Waals surface area contributed by atoms with Crippen LogP contribution in [0.25, 0.3) is 0 Å². The van der Waals surface area contributed by atoms with Crippen LogP contribution >= 0.6 is 0 Å². The molecule has 4 bridgehead atoms. The second-order valence-electron chi connectivity index (χ2n) is 4.32. The monoisotopic (exact) mass is 206 g/mol. The lowest BCUT2D eigenvalue weighted by Gasteiger charge is -2.15. The fourth-order valence-electron chi connectivity index (χ4n) is 2.26. The molecule has 0 N–H and O–H groups in total. The summed E-state index contributed by atoms with van der Waals surface area (Å²) in [5, 5.41) is 0. The van der Waals surface area contributed by atoms with E-state index in [-0.39, 0.29) is 0 Å². The van der Waals surface area contributed by atoms with Gasteiger partial charge in [0.25, 0.3) is 0 Å². The van der Waals surface area contributed by atoms with E-state index in [1.165, 1.54) is 22.3 Å². The van der Waals surface area contributed by atoms with Crippen LogP contribution in [0.2, 0.25) is 0 Å². The summed E-state index contributed by atoms with van der Waals surface area (Å²) in [5.74, 6) is 0. The molecule has 0 atom stereocenters. The van der Waals surface area contributed by atoms with E-state index in [2.05, 4.69) is 60.8 Å². The maximum absolute atomic E-state index is 2.24. The van der Waals surface area contributed by atoms with Crippen LogP contribution in [0.4, 0.5) is 0 Å². The van der Waals surface area contributed by atoms with Gasteiger partial charge in [-0.05, 0) is 35.1 Å². The third-order valence-electron chi connectivity index (χ3n) is 3.15. The van der Waals surface area contributed by atoms with Crippen LogP contribution in [0.1, 0.15) is 12.8 Å². The Kier molecular flexibility index (Phi) is 2.34. The largest absolute Gasteiger partial charge is 0.0620 e. The molecule has 3 aliphatic rings. The average molecular weight is 206 g/mol. The molecule has 0 amide bonds. The van der Waals surface area contributed by atoms with Gasteiger partial charge < -0.3 is 0 Å². The van der Waals surface area contributed by atoms with Gasteiger partial charge in [0.1, 0.15) is 0 Å². The molecule has 0 unspecified atom stereocenters. The van der Waals surface area contributed by atoms with E-state index in [0.29, 0.717) is 0 Å². The van der Waals surface area contributed by atoms with Crippen LogP contribution in [0.5, 0.6) is 0 Å². The van der Waals surface area contributed by atoms with Crippen molar-refractivity contribution in [2.45, 2.75) is 12.8 Å². The zero-order chi connectivity index (χ0) is 10.8. The smallest absolute Gasteiger partial charge is 0.00229 e. The summed E-state index contributed by atoms with van der Waals surface area (Å²) in [5.41, 5.74) is 5.67. The molecule has 0 nitrogen and oxygen atoms in total. The van der Waals surface area contributed by atoms with Crippen molar-refractivity contribution < 1.29 is 0 Å². The minimum absolute atomic E-state index is 1.05. The molecule has 0 aromatic heterocycles. The second kappa shape index (κ2) is 3.97. The third kappa shape index (κ3) is 1.79. The summed E-state index contributed by atoms with van der Waals surface area (Å²) in [6.07, 6.45) is 24.0. The molecule has 78 valence electrons. The van der Waals surface area contributed by atoms with Crippen molar-refractivity contribution in [3.63, 3.8) is 0 Å². The Morgan fingerprint density at radius 1 is 0.562 bits per heavy atom. The summed E-state index contributed by atoms with van der Waals surface area (Å²) in [6.45, 7) is 0. The van der Waals surface area contributed by atoms with Gasteiger partial charge in [-0.1, -0.05) is 60.8 Å². The fourth-order valence-corrected chi connectivity index (χ4v) is 2.26. The number of fused-ring (bicyclic) bond motifs is 5. The molecule has 0 saturated heterocycles. The van der Waals surface area contributed by atoms with Crippen molar-refractivity contribution in [1.82, 2.24) is 0 Å². The zero-order valence-corrected chi connectivity index (χ0v) is 9.19. The van der Waals surface area contributed by atoms with E-state index in [0.717, 1.165) is 12.8 Å². The second-order valence-corrected chi connectivity index (χ2v) is 4.32. The number of allylic oxidation sites excluding steroid dienone is 14. The molecule has 3 aliphatic carbocycles. The van der Waals surface area contributed by atoms with E-state index in [9.17, 15) is 0 Å². The van der Waals surface area contributed by atoms with E-state index < -0.39 is 0 Å². The molecule has 0 aromatic carbocycles. The molecule has 3 rings (SSSR count). The predicted octanol–water partition coefficient (Wildman–Crippen LogP) is 4.18. The predicted molar refractivity (Wildman–Crippen MR) is 69.0 cm³/mol. The zero-order valence-electron chi connectivity index (χ0n) is 9.19. The van der Waals surface area contributed by atoms with Gasteiger partial charge in [0.15, 0.2) is 0 Å². The Hall–Kier alpha value is -1.82. The van der Waals surface area contributed by atoms with Gasteiger partial charge in [0, 0.05) is 0 Å². The lowest BCUT2D eigenvalue weighted by atomic mass is 9.90. The number of hydrogen-bond acceptors (Lipinski definition) is 0. The number of rotatable bonds is 0. The highest BCUT2D eigenvalue weighted by atomic mass is 14.2. The molecule has 0 aliphatic heterocycles. The average Bonchev–Trinajstić information content (AvgIpc) is 2.67. The van der Waals surface area contributed by atoms with Gasteiger partial charge in [-0.25, -0.2) is 0 Å². The van der Waals surface area contributed by atoms with Crippen molar-refractivity contribution >= 4 is 0 Å². The lowest BCUT2D eigenvalue weighted by Crippen LogP contribution is -1.96. The van der Waals surface area contributed by atoms with Crippen LogP contribution in [-0.2, 0) is 0 Å². The molecule has 0 aromatic rings. The van der Waals surface area contributed by atoms with Gasteiger partial charge >= 0.3 is 0 Å². The van der Waals surface area contributed by atoms with Crippen LogP contribution in [0.15, 0.2) is 83.1 Å². The maximum Gasteiger partial charge on any atom is -0.00229 e. The lowest BCUT2D eigenvalue weighted by molar-refractivity contribution is 1.07. The highest BCUT2D eigenvalue weighted by Gasteiger charge is 2.12. The number of hydrogen-bond donors (Lipinski definition) is 0. The van der Waals surface area contributed by atoms with Gasteiger partial charge in [-0.2, -0.15) is 0 Å². The topological polar surface area (TPSA) is 0 Å². The summed E-state index contributed by atoms with van der Waals surface area (Å²) in [7, 11) is 0. The summed E-state index contributed by atoms with van der Waals surface area (Å²) in [4.78, 5) is 0. The first-order valence-corrected chi connectivity index (χ1v) is 5.73. The third-order valence-corrected chi connectivity index (χ3v) is 3.15. The molecule has 0 fully saturated rings. The minimum atomic E-state index is 1.05. The molecular formula is C16H14. The Bertz CT molecular complexity index is 466. The van der Waals surface area contributed by atoms with E-state index >= 15 is 0 Å². The first-order chi connectivity index (χ1) is 7.92. The Balaban J connectivity index is 2.16. The highest BCUT2D eigenvalue weighted by Crippen LogP contribution is 2.31. The first kappa shape index (κ1) is 9.41. The molecule has 0 heteroatoms. The quantitative estimate of drug-likeness (QED) is 0.557. The molecule has 0 radical (unpaired) electrons. The molecule has 0 saturated carbocycles. The van der Waals surface area contributed by atoms with Crippen molar-refractivity contribution in [2.24, 2.45) is 0 Å². The van der Waals surface area contributed by atoms with E-state index in [1.807, 2.05) is 0 Å². The molecular weight excluding hydrogens is 192 g/mol. The van der Waals surface area contributed by atoms with Crippen molar-refractivity contribution in [1.29, 1.82) is 0 Å². The fraction of sp³-hybridized carbons (Fsp3) is 0.125. The highest BCUT2D eigenvalue weighted by molar-refractivity contribution is 5.51. The van der Waals surface area contributed by atoms with Crippen molar-refractivity contribution in [2.75, 3.05) is 0 Å². The van der Waals surface area contributed by atoms with Crippen LogP contribution in [-0.4, -0.2) is 0 Å². The van der Waals surface area contributed by atoms with Gasteiger partial charge in [0.2, 0.25) is 0 Å². The van der Waals surface area contributed by atoms with Crippen molar-refractivity contribution in [3.05, 3.63) is 83.1 Å². The summed E-state index contributed by atoms with van der Waals surface area (Å²) in [6, 6.07) is 0. The Morgan fingerprint density at radius 2 is 1.00 bits per heavy atom. The molecule has 0 spiro atoms. The van der Waals surface area contributed by atoms with E-state index in [4.69, 9.17) is 0 Å². The van der Waals surface area contributed by atoms with E-state index in [1.54, 1.807) is 0 Å². The standard InChI is InChI=1S/C16H14/c1-3-7-15-11-13(5-1)9-10-14-6-2-4-8-16(15)12-14/h1-10H,11-12H2. The maximum atomic E-state index is 2.24. The molecule has 0 heterocycles. The summed E-state index contributed by atoms with van der Waals surface area (Å²) < 4.78 is 0. The van der Waals surface area contributed by atoms with Crippen LogP contribution in [0.3, 0.4) is 0 Å². The van der Waals surface area contributed by atoms with Crippen molar-refractivity contribution in [3.8, 4) is 0 Å². The van der Waals surface area contributed by atoms with Gasteiger partial charge in [-0.15, -0.1) is 0 Å². The normalized spacial score (nSPS) is 22.0. The van der Waals surface area contributed by atoms with Gasteiger partial charge in [-0.3, -0.25) is 0 Å².